The van der Waals surface area contributed by atoms with Crippen LogP contribution < -0.4 is 5.43 Å². The third-order valence-electron chi connectivity index (χ3n) is 3.13. The number of carbonyl (C=O) groups is 1. The van der Waals surface area contributed by atoms with E-state index < -0.39 is 23.9 Å². The van der Waals surface area contributed by atoms with Crippen LogP contribution in [0.25, 0.3) is 11.3 Å². The van der Waals surface area contributed by atoms with E-state index in [4.69, 9.17) is 16.0 Å². The number of carbonyl (C=O) groups excluding carboxylic acids is 1. The second-order valence-corrected chi connectivity index (χ2v) is 5.49. The summed E-state index contributed by atoms with van der Waals surface area (Å²) in [6.07, 6.45) is -5.97. The van der Waals surface area contributed by atoms with E-state index >= 15 is 0 Å². The average molecular weight is 417 g/mol. The second kappa shape index (κ2) is 7.22. The van der Waals surface area contributed by atoms with E-state index in [2.05, 4.69) is 5.10 Å². The number of benzene rings is 1. The highest BCUT2D eigenvalue weighted by molar-refractivity contribution is 6.30. The molecule has 27 heavy (non-hydrogen) atoms. The first kappa shape index (κ1) is 20.7. The highest BCUT2D eigenvalue weighted by atomic mass is 35.5. The zero-order valence-corrected chi connectivity index (χ0v) is 13.6. The predicted molar refractivity (Wildman–Crippen MR) is 80.8 cm³/mol. The number of amides is 1. The number of halogens is 8. The van der Waals surface area contributed by atoms with Gasteiger partial charge in [-0.3, -0.25) is 4.79 Å². The lowest BCUT2D eigenvalue weighted by Crippen LogP contribution is -2.58. The van der Waals surface area contributed by atoms with Crippen LogP contribution in [-0.4, -0.2) is 30.1 Å². The molecule has 2 aromatic rings. The maximum Gasteiger partial charge on any atom is 0.460 e. The number of hydrogen-bond acceptors (Lipinski definition) is 3. The van der Waals surface area contributed by atoms with Crippen LogP contribution in [0.15, 0.2) is 45.9 Å². The molecular formula is C15H8ClF7N2O2. The van der Waals surface area contributed by atoms with Crippen molar-refractivity contribution in [1.29, 1.82) is 0 Å². The monoisotopic (exact) mass is 416 g/mol. The van der Waals surface area contributed by atoms with Crippen LogP contribution >= 0.6 is 11.6 Å². The summed E-state index contributed by atoms with van der Waals surface area (Å²) < 4.78 is 92.8. The third kappa shape index (κ3) is 4.24. The van der Waals surface area contributed by atoms with Gasteiger partial charge in [-0.2, -0.15) is 35.8 Å². The van der Waals surface area contributed by atoms with Crippen LogP contribution in [0.4, 0.5) is 30.7 Å². The molecule has 0 aliphatic carbocycles. The van der Waals surface area contributed by atoms with E-state index in [0.717, 1.165) is 5.43 Å². The summed E-state index contributed by atoms with van der Waals surface area (Å²) in [5, 5.41) is 3.30. The van der Waals surface area contributed by atoms with Gasteiger partial charge in [-0.05, 0) is 24.3 Å². The molecule has 1 heterocycles. The minimum Gasteiger partial charge on any atom is -0.455 e. The minimum absolute atomic E-state index is 0.101. The Balaban J connectivity index is 2.08. The Morgan fingerprint density at radius 3 is 2.33 bits per heavy atom. The second-order valence-electron chi connectivity index (χ2n) is 5.06. The highest BCUT2D eigenvalue weighted by Gasteiger charge is 2.76. The first-order chi connectivity index (χ1) is 12.4. The molecule has 0 saturated carbocycles. The van der Waals surface area contributed by atoms with Gasteiger partial charge in [0.25, 0.3) is 0 Å². The van der Waals surface area contributed by atoms with Crippen molar-refractivity contribution >= 4 is 23.7 Å². The summed E-state index contributed by atoms with van der Waals surface area (Å²) in [7, 11) is 0. The molecular weight excluding hydrogens is 409 g/mol. The number of furan rings is 1. The highest BCUT2D eigenvalue weighted by Crippen LogP contribution is 2.46. The number of rotatable bonds is 5. The van der Waals surface area contributed by atoms with Crippen molar-refractivity contribution in [2.45, 2.75) is 18.0 Å². The summed E-state index contributed by atoms with van der Waals surface area (Å²) in [5.74, 6) is -15.4. The molecule has 146 valence electrons. The molecule has 0 unspecified atom stereocenters. The largest absolute Gasteiger partial charge is 0.460 e. The van der Waals surface area contributed by atoms with Crippen molar-refractivity contribution in [3.05, 3.63) is 47.2 Å². The fourth-order valence-electron chi connectivity index (χ4n) is 1.76. The van der Waals surface area contributed by atoms with Gasteiger partial charge in [-0.15, -0.1) is 0 Å². The SMILES string of the molecule is O=C(N/N=C/c1ccc(-c2cccc(Cl)c2)o1)C(F)(F)C(F)(F)C(F)(F)F. The van der Waals surface area contributed by atoms with Gasteiger partial charge in [0.05, 0.1) is 6.21 Å². The van der Waals surface area contributed by atoms with Gasteiger partial charge >= 0.3 is 23.9 Å². The number of hydrazone groups is 1. The first-order valence-corrected chi connectivity index (χ1v) is 7.25. The summed E-state index contributed by atoms with van der Waals surface area (Å²) in [6, 6.07) is 9.12. The summed E-state index contributed by atoms with van der Waals surface area (Å²) in [5.41, 5.74) is 1.47. The lowest BCUT2D eigenvalue weighted by atomic mass is 10.1. The van der Waals surface area contributed by atoms with Gasteiger partial charge < -0.3 is 4.42 Å². The Hall–Kier alpha value is -2.56. The molecule has 0 fully saturated rings. The van der Waals surface area contributed by atoms with E-state index in [1.54, 1.807) is 24.3 Å². The Labute approximate surface area is 151 Å². The zero-order chi connectivity index (χ0) is 20.5. The van der Waals surface area contributed by atoms with Gasteiger partial charge in [0.2, 0.25) is 0 Å². The standard InChI is InChI=1S/C15H8ClF7N2O2/c16-9-3-1-2-8(6-9)11-5-4-10(27-11)7-24-25-12(26)13(17,18)14(19,20)15(21,22)23/h1-7H,(H,25,26)/b24-7+. The fourth-order valence-corrected chi connectivity index (χ4v) is 1.95. The van der Waals surface area contributed by atoms with Gasteiger partial charge in [0.1, 0.15) is 11.5 Å². The maximum atomic E-state index is 13.1. The molecule has 0 spiro atoms. The van der Waals surface area contributed by atoms with E-state index in [1.165, 1.54) is 12.1 Å². The van der Waals surface area contributed by atoms with Gasteiger partial charge in [0.15, 0.2) is 0 Å². The number of nitrogens with zero attached hydrogens (tertiary/aromatic N) is 1. The fraction of sp³-hybridized carbons (Fsp3) is 0.200. The van der Waals surface area contributed by atoms with Crippen molar-refractivity contribution in [3.63, 3.8) is 0 Å². The number of nitrogens with one attached hydrogen (secondary N) is 1. The van der Waals surface area contributed by atoms with E-state index in [-0.39, 0.29) is 11.5 Å². The average Bonchev–Trinajstić information content (AvgIpc) is 3.02. The molecule has 4 nitrogen and oxygen atoms in total. The summed E-state index contributed by atoms with van der Waals surface area (Å²) in [4.78, 5) is 11.0. The Bertz CT molecular complexity index is 862. The third-order valence-corrected chi connectivity index (χ3v) is 3.36. The molecule has 1 aromatic carbocycles. The molecule has 1 amide bonds. The maximum absolute atomic E-state index is 13.1. The van der Waals surface area contributed by atoms with E-state index in [0.29, 0.717) is 16.8 Å². The van der Waals surface area contributed by atoms with Crippen LogP contribution in [0.3, 0.4) is 0 Å². The molecule has 1 aromatic heterocycles. The lowest BCUT2D eigenvalue weighted by Gasteiger charge is -2.26. The molecule has 2 rings (SSSR count). The van der Waals surface area contributed by atoms with Crippen LogP contribution in [0.2, 0.25) is 5.02 Å². The number of hydrogen-bond donors (Lipinski definition) is 1. The van der Waals surface area contributed by atoms with Gasteiger partial charge in [0, 0.05) is 10.6 Å². The Kier molecular flexibility index (Phi) is 5.55. The van der Waals surface area contributed by atoms with E-state index in [9.17, 15) is 35.5 Å². The van der Waals surface area contributed by atoms with Gasteiger partial charge in [-0.1, -0.05) is 23.7 Å². The van der Waals surface area contributed by atoms with E-state index in [1.807, 2.05) is 0 Å². The quantitative estimate of drug-likeness (QED) is 0.429. The molecule has 0 bridgehead atoms. The summed E-state index contributed by atoms with van der Waals surface area (Å²) >= 11 is 5.80. The Morgan fingerprint density at radius 1 is 1.07 bits per heavy atom. The smallest absolute Gasteiger partial charge is 0.455 e. The normalized spacial score (nSPS) is 13.2. The van der Waals surface area contributed by atoms with Crippen LogP contribution in [0, 0.1) is 0 Å². The summed E-state index contributed by atoms with van der Waals surface area (Å²) in [6.45, 7) is 0. The van der Waals surface area contributed by atoms with Crippen LogP contribution in [0.1, 0.15) is 5.76 Å². The van der Waals surface area contributed by atoms with Crippen LogP contribution in [0.5, 0.6) is 0 Å². The van der Waals surface area contributed by atoms with Gasteiger partial charge in [-0.25, -0.2) is 5.43 Å². The minimum atomic E-state index is -6.62. The molecule has 0 aliphatic rings. The molecule has 12 heteroatoms. The first-order valence-electron chi connectivity index (χ1n) is 6.88. The molecule has 0 atom stereocenters. The predicted octanol–water partition coefficient (Wildman–Crippen LogP) is 4.88. The molecule has 0 saturated heterocycles. The molecule has 1 N–H and O–H groups in total. The molecule has 0 aliphatic heterocycles. The van der Waals surface area contributed by atoms with Crippen molar-refractivity contribution in [3.8, 4) is 11.3 Å². The van der Waals surface area contributed by atoms with Crippen molar-refractivity contribution in [2.24, 2.45) is 5.10 Å². The van der Waals surface area contributed by atoms with Crippen molar-refractivity contribution in [2.75, 3.05) is 0 Å². The molecule has 0 radical (unpaired) electrons. The topological polar surface area (TPSA) is 54.6 Å². The van der Waals surface area contributed by atoms with Crippen molar-refractivity contribution < 1.29 is 39.9 Å². The zero-order valence-electron chi connectivity index (χ0n) is 12.8. The van der Waals surface area contributed by atoms with Crippen LogP contribution in [-0.2, 0) is 4.79 Å². The van der Waals surface area contributed by atoms with Crippen molar-refractivity contribution in [1.82, 2.24) is 5.43 Å². The lowest BCUT2D eigenvalue weighted by molar-refractivity contribution is -0.344. The number of alkyl halides is 7. The Morgan fingerprint density at radius 2 is 1.74 bits per heavy atom.